The third kappa shape index (κ3) is 4.50. The van der Waals surface area contributed by atoms with Gasteiger partial charge in [0.1, 0.15) is 5.70 Å². The molecule has 2 aliphatic heterocycles. The Bertz CT molecular complexity index is 966. The van der Waals surface area contributed by atoms with Crippen molar-refractivity contribution in [1.82, 2.24) is 9.21 Å². The van der Waals surface area contributed by atoms with Crippen LogP contribution in [0.25, 0.3) is 0 Å². The molecular weight excluding hydrogens is 394 g/mol. The molecule has 2 heterocycles. The Labute approximate surface area is 171 Å². The molecule has 0 bridgehead atoms. The van der Waals surface area contributed by atoms with Crippen LogP contribution in [-0.4, -0.2) is 62.0 Å². The van der Waals surface area contributed by atoms with Gasteiger partial charge >= 0.3 is 16.2 Å². The molecule has 1 aromatic rings. The van der Waals surface area contributed by atoms with E-state index >= 15 is 0 Å². The van der Waals surface area contributed by atoms with Crippen LogP contribution in [0.4, 0.5) is 0 Å². The number of piperidine rings is 1. The maximum Gasteiger partial charge on any atom is 0.345 e. The summed E-state index contributed by atoms with van der Waals surface area (Å²) in [7, 11) is -2.72. The minimum Gasteiger partial charge on any atom is -0.466 e. The molecule has 1 saturated heterocycles. The molecule has 0 N–H and O–H groups in total. The number of likely N-dealkylation sites (tertiary alicyclic amines) is 1. The molecule has 0 spiro atoms. The highest BCUT2D eigenvalue weighted by Crippen LogP contribution is 2.25. The first kappa shape index (κ1) is 21.0. The number of rotatable bonds is 4. The maximum absolute atomic E-state index is 13.2. The Morgan fingerprint density at radius 1 is 1.24 bits per heavy atom. The fourth-order valence-corrected chi connectivity index (χ4v) is 4.30. The van der Waals surface area contributed by atoms with Crippen molar-refractivity contribution >= 4 is 27.8 Å². The van der Waals surface area contributed by atoms with Gasteiger partial charge in [0.15, 0.2) is 0 Å². The molecule has 0 saturated carbocycles. The molecule has 0 aromatic heterocycles. The van der Waals surface area contributed by atoms with Gasteiger partial charge in [-0.2, -0.15) is 8.42 Å². The van der Waals surface area contributed by atoms with E-state index in [0.717, 1.165) is 9.87 Å². The molecule has 29 heavy (non-hydrogen) atoms. The largest absolute Gasteiger partial charge is 0.466 e. The molecule has 0 radical (unpaired) electrons. The number of benzene rings is 1. The maximum atomic E-state index is 13.2. The Kier molecular flexibility index (Phi) is 6.07. The monoisotopic (exact) mass is 419 g/mol. The summed E-state index contributed by atoms with van der Waals surface area (Å²) < 4.78 is 34.9. The second-order valence-corrected chi connectivity index (χ2v) is 8.79. The van der Waals surface area contributed by atoms with Gasteiger partial charge in [0.25, 0.3) is 5.91 Å². The summed E-state index contributed by atoms with van der Waals surface area (Å²) in [5, 5.41) is 0. The molecule has 2 aliphatic rings. The van der Waals surface area contributed by atoms with Crippen LogP contribution in [0.3, 0.4) is 0 Å². The highest BCUT2D eigenvalue weighted by molar-refractivity contribution is 7.88. The van der Waals surface area contributed by atoms with E-state index in [1.165, 1.54) is 18.0 Å². The van der Waals surface area contributed by atoms with Gasteiger partial charge in [-0.3, -0.25) is 9.59 Å². The molecule has 1 atom stereocenters. The number of allylic oxidation sites excluding steroid dienone is 1. The second kappa shape index (κ2) is 8.36. The first-order chi connectivity index (χ1) is 13.7. The minimum atomic E-state index is -4.03. The highest BCUT2D eigenvalue weighted by atomic mass is 32.2. The van der Waals surface area contributed by atoms with E-state index in [-0.39, 0.29) is 30.5 Å². The van der Waals surface area contributed by atoms with E-state index in [1.54, 1.807) is 19.1 Å². The van der Waals surface area contributed by atoms with Gasteiger partial charge in [0, 0.05) is 25.7 Å². The summed E-state index contributed by atoms with van der Waals surface area (Å²) in [5.41, 5.74) is 1.87. The standard InChI is InChI=1S/C20H25N3O5S/c1-4-28-20(25)16-6-5-11-23(13-16)19(24)18-12-17(21-29(26,27)22(18)3)15-9-7-14(2)8-10-15/h7-10,12,16H,4-6,11,13H2,1-3H3/t16-/m0/s1. The Balaban J connectivity index is 1.89. The third-order valence-electron chi connectivity index (χ3n) is 5.07. The fraction of sp³-hybridized carbons (Fsp3) is 0.450. The van der Waals surface area contributed by atoms with Crippen molar-refractivity contribution < 1.29 is 22.7 Å². The van der Waals surface area contributed by atoms with Gasteiger partial charge in [-0.05, 0) is 32.8 Å². The molecule has 156 valence electrons. The van der Waals surface area contributed by atoms with E-state index in [0.29, 0.717) is 24.9 Å². The average Bonchev–Trinajstić information content (AvgIpc) is 2.70. The lowest BCUT2D eigenvalue weighted by atomic mass is 9.97. The molecule has 3 rings (SSSR count). The van der Waals surface area contributed by atoms with E-state index < -0.39 is 22.0 Å². The van der Waals surface area contributed by atoms with Gasteiger partial charge in [-0.25, -0.2) is 4.31 Å². The molecule has 9 heteroatoms. The first-order valence-electron chi connectivity index (χ1n) is 9.56. The summed E-state index contributed by atoms with van der Waals surface area (Å²) in [6.07, 6.45) is 2.78. The number of nitrogens with zero attached hydrogens (tertiary/aromatic N) is 3. The quantitative estimate of drug-likeness (QED) is 0.692. The van der Waals surface area contributed by atoms with E-state index in [1.807, 2.05) is 19.1 Å². The van der Waals surface area contributed by atoms with Gasteiger partial charge in [0.2, 0.25) is 0 Å². The van der Waals surface area contributed by atoms with Gasteiger partial charge in [0.05, 0.1) is 18.2 Å². The number of amides is 1. The summed E-state index contributed by atoms with van der Waals surface area (Å²) in [6, 6.07) is 7.25. The number of likely N-dealkylation sites (N-methyl/N-ethyl adjacent to an activating group) is 1. The zero-order valence-electron chi connectivity index (χ0n) is 16.8. The average molecular weight is 420 g/mol. The second-order valence-electron chi connectivity index (χ2n) is 7.16. The summed E-state index contributed by atoms with van der Waals surface area (Å²) in [6.45, 7) is 4.61. The lowest BCUT2D eigenvalue weighted by molar-refractivity contribution is -0.151. The van der Waals surface area contributed by atoms with Crippen LogP contribution in [0.5, 0.6) is 0 Å². The molecular formula is C20H25N3O5S. The van der Waals surface area contributed by atoms with Gasteiger partial charge < -0.3 is 9.64 Å². The third-order valence-corrected chi connectivity index (χ3v) is 6.38. The number of aryl methyl sites for hydroxylation is 1. The van der Waals surface area contributed by atoms with Crippen molar-refractivity contribution in [2.24, 2.45) is 10.3 Å². The highest BCUT2D eigenvalue weighted by Gasteiger charge is 2.35. The lowest BCUT2D eigenvalue weighted by Gasteiger charge is -2.34. The summed E-state index contributed by atoms with van der Waals surface area (Å²) >= 11 is 0. The minimum absolute atomic E-state index is 0.0140. The van der Waals surface area contributed by atoms with Crippen LogP contribution < -0.4 is 0 Å². The van der Waals surface area contributed by atoms with Crippen LogP contribution in [0, 0.1) is 12.8 Å². The van der Waals surface area contributed by atoms with E-state index in [4.69, 9.17) is 4.74 Å². The fourth-order valence-electron chi connectivity index (χ4n) is 3.39. The predicted molar refractivity (Wildman–Crippen MR) is 108 cm³/mol. The Morgan fingerprint density at radius 3 is 2.59 bits per heavy atom. The lowest BCUT2D eigenvalue weighted by Crippen LogP contribution is -2.46. The van der Waals surface area contributed by atoms with Crippen LogP contribution in [0.15, 0.2) is 40.4 Å². The van der Waals surface area contributed by atoms with Gasteiger partial charge in [-0.15, -0.1) is 4.40 Å². The zero-order chi connectivity index (χ0) is 21.2. The molecule has 8 nitrogen and oxygen atoms in total. The summed E-state index contributed by atoms with van der Waals surface area (Å²) in [4.78, 5) is 26.7. The Hall–Kier alpha value is -2.68. The van der Waals surface area contributed by atoms with Crippen molar-refractivity contribution in [3.8, 4) is 0 Å². The van der Waals surface area contributed by atoms with E-state index in [2.05, 4.69) is 4.40 Å². The summed E-state index contributed by atoms with van der Waals surface area (Å²) in [5.74, 6) is -1.17. The van der Waals surface area contributed by atoms with Crippen LogP contribution >= 0.6 is 0 Å². The zero-order valence-corrected chi connectivity index (χ0v) is 17.6. The van der Waals surface area contributed by atoms with Crippen LogP contribution in [0.2, 0.25) is 0 Å². The Morgan fingerprint density at radius 2 is 1.93 bits per heavy atom. The normalized spacial score (nSPS) is 21.3. The number of ether oxygens (including phenoxy) is 1. The van der Waals surface area contributed by atoms with Crippen molar-refractivity contribution in [1.29, 1.82) is 0 Å². The van der Waals surface area contributed by atoms with E-state index in [9.17, 15) is 18.0 Å². The van der Waals surface area contributed by atoms with Crippen LogP contribution in [0.1, 0.15) is 30.9 Å². The van der Waals surface area contributed by atoms with Crippen molar-refractivity contribution in [3.63, 3.8) is 0 Å². The molecule has 0 unspecified atom stereocenters. The molecule has 1 fully saturated rings. The topological polar surface area (TPSA) is 96.3 Å². The number of carbonyl (C=O) groups excluding carboxylic acids is 2. The molecule has 0 aliphatic carbocycles. The SMILES string of the molecule is CCOC(=O)[C@H]1CCCN(C(=O)C2=CC(c3ccc(C)cc3)=NS(=O)(=O)N2C)C1. The number of hydrogen-bond donors (Lipinski definition) is 0. The first-order valence-corrected chi connectivity index (χ1v) is 11.0. The van der Waals surface area contributed by atoms with Crippen molar-refractivity contribution in [2.45, 2.75) is 26.7 Å². The van der Waals surface area contributed by atoms with Crippen molar-refractivity contribution in [2.75, 3.05) is 26.7 Å². The molecule has 1 aromatic carbocycles. The van der Waals surface area contributed by atoms with Gasteiger partial charge in [-0.1, -0.05) is 29.8 Å². The van der Waals surface area contributed by atoms with Crippen LogP contribution in [-0.2, 0) is 24.5 Å². The van der Waals surface area contributed by atoms with Crippen molar-refractivity contribution in [3.05, 3.63) is 47.2 Å². The molecule has 1 amide bonds. The number of carbonyl (C=O) groups is 2. The predicted octanol–water partition coefficient (Wildman–Crippen LogP) is 1.66. The smallest absolute Gasteiger partial charge is 0.345 e. The number of esters is 1. The number of hydrogen-bond acceptors (Lipinski definition) is 5.